The van der Waals surface area contributed by atoms with E-state index in [-0.39, 0.29) is 6.61 Å². The van der Waals surface area contributed by atoms with Crippen LogP contribution in [0, 0.1) is 0 Å². The molecular weight excluding hydrogens is 186 g/mol. The lowest BCUT2D eigenvalue weighted by Gasteiger charge is -2.07. The minimum Gasteiger partial charge on any atom is -0.398 e. The zero-order valence-electron chi connectivity index (χ0n) is 7.18. The number of nitrogens with two attached hydrogens (primary N) is 1. The van der Waals surface area contributed by atoms with Gasteiger partial charge in [-0.3, -0.25) is 0 Å². The van der Waals surface area contributed by atoms with E-state index in [2.05, 4.69) is 0 Å². The molecule has 1 aromatic carbocycles. The van der Waals surface area contributed by atoms with Crippen LogP contribution < -0.4 is 5.73 Å². The van der Waals surface area contributed by atoms with Crippen molar-refractivity contribution in [2.24, 2.45) is 0 Å². The summed E-state index contributed by atoms with van der Waals surface area (Å²) in [5.74, 6) is 0.463. The second-order valence-corrected chi connectivity index (χ2v) is 3.75. The van der Waals surface area contributed by atoms with Gasteiger partial charge >= 0.3 is 0 Å². The first-order chi connectivity index (χ1) is 6.24. The molecule has 0 aliphatic rings. The molecule has 0 aromatic heterocycles. The Morgan fingerprint density at radius 3 is 2.69 bits per heavy atom. The zero-order chi connectivity index (χ0) is 9.68. The molecule has 0 spiro atoms. The van der Waals surface area contributed by atoms with Gasteiger partial charge in [-0.25, -0.2) is 0 Å². The van der Waals surface area contributed by atoms with Crippen molar-refractivity contribution in [3.05, 3.63) is 24.3 Å². The van der Waals surface area contributed by atoms with E-state index in [0.29, 0.717) is 11.4 Å². The van der Waals surface area contributed by atoms with Crippen LogP contribution in [0.1, 0.15) is 0 Å². The highest BCUT2D eigenvalue weighted by atomic mass is 32.2. The van der Waals surface area contributed by atoms with Crippen LogP contribution in [0.5, 0.6) is 0 Å². The van der Waals surface area contributed by atoms with Gasteiger partial charge in [0.1, 0.15) is 0 Å². The number of hydrogen-bond acceptors (Lipinski definition) is 4. The third-order valence-electron chi connectivity index (χ3n) is 1.56. The number of benzene rings is 1. The molecule has 72 valence electrons. The Kier molecular flexibility index (Phi) is 4.08. The fraction of sp³-hybridized carbons (Fsp3) is 0.333. The smallest absolute Gasteiger partial charge is 0.0864 e. The summed E-state index contributed by atoms with van der Waals surface area (Å²) in [5, 5.41) is 17.7. The van der Waals surface area contributed by atoms with Gasteiger partial charge in [-0.15, -0.1) is 11.8 Å². The molecule has 0 fully saturated rings. The summed E-state index contributed by atoms with van der Waals surface area (Å²) in [5.41, 5.74) is 6.39. The number of rotatable bonds is 4. The quantitative estimate of drug-likeness (QED) is 0.493. The van der Waals surface area contributed by atoms with Crippen molar-refractivity contribution >= 4 is 17.4 Å². The van der Waals surface area contributed by atoms with Crippen LogP contribution in [0.2, 0.25) is 0 Å². The van der Waals surface area contributed by atoms with E-state index in [0.717, 1.165) is 4.90 Å². The van der Waals surface area contributed by atoms with Crippen molar-refractivity contribution in [3.8, 4) is 0 Å². The van der Waals surface area contributed by atoms with Crippen LogP contribution in [0.25, 0.3) is 0 Å². The fourth-order valence-electron chi connectivity index (χ4n) is 0.851. The lowest BCUT2D eigenvalue weighted by atomic mass is 10.3. The van der Waals surface area contributed by atoms with Crippen LogP contribution in [-0.4, -0.2) is 28.7 Å². The average Bonchev–Trinajstić information content (AvgIpc) is 2.16. The van der Waals surface area contributed by atoms with Crippen LogP contribution in [0.15, 0.2) is 29.2 Å². The van der Waals surface area contributed by atoms with Gasteiger partial charge in [0.15, 0.2) is 0 Å². The van der Waals surface area contributed by atoms with Gasteiger partial charge in [0.2, 0.25) is 0 Å². The molecule has 0 radical (unpaired) electrons. The first kappa shape index (κ1) is 10.4. The summed E-state index contributed by atoms with van der Waals surface area (Å²) in [6.45, 7) is -0.209. The first-order valence-corrected chi connectivity index (χ1v) is 4.99. The Hall–Kier alpha value is -0.710. The average molecular weight is 199 g/mol. The second-order valence-electron chi connectivity index (χ2n) is 2.69. The molecule has 3 nitrogen and oxygen atoms in total. The maximum atomic E-state index is 9.10. The molecule has 1 aromatic rings. The van der Waals surface area contributed by atoms with Crippen molar-refractivity contribution in [2.45, 2.75) is 11.0 Å². The number of nitrogen functional groups attached to an aromatic ring is 1. The van der Waals surface area contributed by atoms with E-state index in [1.165, 1.54) is 11.8 Å². The summed E-state index contributed by atoms with van der Waals surface area (Å²) in [6, 6.07) is 7.46. The number of para-hydroxylation sites is 1. The standard InChI is InChI=1S/C9H13NO2S/c10-8-3-1-2-4-9(8)13-6-7(12)5-11/h1-4,7,11-12H,5-6,10H2. The van der Waals surface area contributed by atoms with E-state index >= 15 is 0 Å². The van der Waals surface area contributed by atoms with Crippen LogP contribution in [-0.2, 0) is 0 Å². The molecule has 0 bridgehead atoms. The molecule has 1 rings (SSSR count). The van der Waals surface area contributed by atoms with Crippen molar-refractivity contribution < 1.29 is 10.2 Å². The van der Waals surface area contributed by atoms with Gasteiger partial charge in [0, 0.05) is 16.3 Å². The van der Waals surface area contributed by atoms with Gasteiger partial charge in [0.05, 0.1) is 12.7 Å². The highest BCUT2D eigenvalue weighted by molar-refractivity contribution is 7.99. The van der Waals surface area contributed by atoms with Crippen molar-refractivity contribution in [1.29, 1.82) is 0 Å². The Balaban J connectivity index is 2.50. The topological polar surface area (TPSA) is 66.5 Å². The highest BCUT2D eigenvalue weighted by Crippen LogP contribution is 2.24. The van der Waals surface area contributed by atoms with E-state index in [1.807, 2.05) is 24.3 Å². The van der Waals surface area contributed by atoms with Crippen molar-refractivity contribution in [2.75, 3.05) is 18.1 Å². The number of thioether (sulfide) groups is 1. The normalized spacial score (nSPS) is 12.8. The summed E-state index contributed by atoms with van der Waals surface area (Å²) in [4.78, 5) is 0.940. The van der Waals surface area contributed by atoms with Crippen molar-refractivity contribution in [3.63, 3.8) is 0 Å². The highest BCUT2D eigenvalue weighted by Gasteiger charge is 2.04. The second kappa shape index (κ2) is 5.11. The molecule has 4 heteroatoms. The predicted molar refractivity (Wildman–Crippen MR) is 54.7 cm³/mol. The summed E-state index contributed by atoms with van der Waals surface area (Å²) in [6.07, 6.45) is -0.676. The van der Waals surface area contributed by atoms with E-state index in [4.69, 9.17) is 15.9 Å². The number of hydrogen-bond donors (Lipinski definition) is 3. The minimum atomic E-state index is -0.676. The Bertz CT molecular complexity index is 268. The summed E-state index contributed by atoms with van der Waals surface area (Å²) in [7, 11) is 0. The maximum absolute atomic E-state index is 9.10. The monoisotopic (exact) mass is 199 g/mol. The summed E-state index contributed by atoms with van der Waals surface area (Å²) >= 11 is 1.44. The minimum absolute atomic E-state index is 0.209. The molecule has 1 atom stereocenters. The van der Waals surface area contributed by atoms with Gasteiger partial charge in [-0.1, -0.05) is 12.1 Å². The fourth-order valence-corrected chi connectivity index (χ4v) is 1.74. The van der Waals surface area contributed by atoms with Gasteiger partial charge in [-0.05, 0) is 12.1 Å². The molecule has 1 unspecified atom stereocenters. The molecule has 0 heterocycles. The molecule has 0 saturated heterocycles. The van der Waals surface area contributed by atoms with Gasteiger partial charge in [0.25, 0.3) is 0 Å². The molecule has 0 aliphatic carbocycles. The molecule has 4 N–H and O–H groups in total. The van der Waals surface area contributed by atoms with E-state index in [1.54, 1.807) is 0 Å². The van der Waals surface area contributed by atoms with Crippen LogP contribution >= 0.6 is 11.8 Å². The number of aliphatic hydroxyl groups excluding tert-OH is 2. The first-order valence-electron chi connectivity index (χ1n) is 4.00. The molecule has 0 amide bonds. The zero-order valence-corrected chi connectivity index (χ0v) is 8.00. The maximum Gasteiger partial charge on any atom is 0.0864 e. The lowest BCUT2D eigenvalue weighted by Crippen LogP contribution is -2.14. The molecule has 0 aliphatic heterocycles. The van der Waals surface area contributed by atoms with Gasteiger partial charge < -0.3 is 15.9 Å². The largest absolute Gasteiger partial charge is 0.398 e. The van der Waals surface area contributed by atoms with E-state index < -0.39 is 6.10 Å². The van der Waals surface area contributed by atoms with Crippen LogP contribution in [0.3, 0.4) is 0 Å². The molecule has 0 saturated carbocycles. The molecule has 13 heavy (non-hydrogen) atoms. The Morgan fingerprint density at radius 2 is 2.08 bits per heavy atom. The lowest BCUT2D eigenvalue weighted by molar-refractivity contribution is 0.113. The number of aliphatic hydroxyl groups is 2. The van der Waals surface area contributed by atoms with Crippen molar-refractivity contribution in [1.82, 2.24) is 0 Å². The summed E-state index contributed by atoms with van der Waals surface area (Å²) < 4.78 is 0. The third-order valence-corrected chi connectivity index (χ3v) is 2.80. The molecular formula is C9H13NO2S. The Labute approximate surface area is 81.6 Å². The van der Waals surface area contributed by atoms with Crippen LogP contribution in [0.4, 0.5) is 5.69 Å². The van der Waals surface area contributed by atoms with E-state index in [9.17, 15) is 0 Å². The third kappa shape index (κ3) is 3.26. The predicted octanol–water partition coefficient (Wildman–Crippen LogP) is 0.714. The van der Waals surface area contributed by atoms with Gasteiger partial charge in [-0.2, -0.15) is 0 Å². The Morgan fingerprint density at radius 1 is 1.38 bits per heavy atom. The number of anilines is 1. The SMILES string of the molecule is Nc1ccccc1SCC(O)CO.